The minimum atomic E-state index is 0.177. The van der Waals surface area contributed by atoms with E-state index in [4.69, 9.17) is 0 Å². The van der Waals surface area contributed by atoms with Crippen LogP contribution in [-0.2, 0) is 0 Å². The van der Waals surface area contributed by atoms with Crippen molar-refractivity contribution in [2.24, 2.45) is 5.92 Å². The Morgan fingerprint density at radius 1 is 1.15 bits per heavy atom. The first kappa shape index (κ1) is 15.5. The molecule has 0 aromatic heterocycles. The molecular weight excluding hydrogens is 244 g/mol. The molecule has 1 unspecified atom stereocenters. The van der Waals surface area contributed by atoms with E-state index in [9.17, 15) is 0 Å². The van der Waals surface area contributed by atoms with Gasteiger partial charge >= 0.3 is 0 Å². The molecule has 1 atom stereocenters. The second-order valence-electron chi connectivity index (χ2n) is 7.28. The van der Waals surface area contributed by atoms with Gasteiger partial charge in [0.05, 0.1) is 0 Å². The zero-order valence-electron chi connectivity index (χ0n) is 13.5. The van der Waals surface area contributed by atoms with Crippen LogP contribution in [0.5, 0.6) is 0 Å². The number of rotatable bonds is 4. The van der Waals surface area contributed by atoms with Gasteiger partial charge in [-0.15, -0.1) is 0 Å². The van der Waals surface area contributed by atoms with Crippen LogP contribution >= 0.6 is 0 Å². The minimum absolute atomic E-state index is 0.177. The van der Waals surface area contributed by atoms with Gasteiger partial charge < -0.3 is 5.32 Å². The van der Waals surface area contributed by atoms with E-state index in [1.165, 1.54) is 31.5 Å². The van der Waals surface area contributed by atoms with E-state index in [1.807, 2.05) is 0 Å². The maximum atomic E-state index is 3.69. The van der Waals surface area contributed by atoms with Crippen LogP contribution in [0, 0.1) is 5.92 Å². The molecule has 112 valence electrons. The number of hydrogen-bond donors (Lipinski definition) is 1. The van der Waals surface area contributed by atoms with Gasteiger partial charge in [-0.3, -0.25) is 4.90 Å². The number of hydrogen-bond acceptors (Lipinski definition) is 2. The molecule has 20 heavy (non-hydrogen) atoms. The van der Waals surface area contributed by atoms with E-state index in [-0.39, 0.29) is 5.54 Å². The fourth-order valence-electron chi connectivity index (χ4n) is 2.88. The fourth-order valence-corrected chi connectivity index (χ4v) is 2.88. The first-order chi connectivity index (χ1) is 9.46. The summed E-state index contributed by atoms with van der Waals surface area (Å²) in [4.78, 5) is 2.66. The highest BCUT2D eigenvalue weighted by Gasteiger charge is 2.25. The SMILES string of the molecule is CC1CCN(C(CNC(C)(C)C)c2ccccc2)CC1. The van der Waals surface area contributed by atoms with Gasteiger partial charge in [0.25, 0.3) is 0 Å². The molecule has 1 N–H and O–H groups in total. The van der Waals surface area contributed by atoms with E-state index in [2.05, 4.69) is 68.2 Å². The van der Waals surface area contributed by atoms with Crippen molar-refractivity contribution in [3.05, 3.63) is 35.9 Å². The Morgan fingerprint density at radius 2 is 1.75 bits per heavy atom. The molecule has 1 saturated heterocycles. The molecule has 2 nitrogen and oxygen atoms in total. The second-order valence-corrected chi connectivity index (χ2v) is 7.28. The summed E-state index contributed by atoms with van der Waals surface area (Å²) in [5.41, 5.74) is 1.62. The summed E-state index contributed by atoms with van der Waals surface area (Å²) in [5, 5.41) is 3.69. The maximum absolute atomic E-state index is 3.69. The van der Waals surface area contributed by atoms with E-state index in [1.54, 1.807) is 0 Å². The second kappa shape index (κ2) is 6.73. The first-order valence-electron chi connectivity index (χ1n) is 8.00. The summed E-state index contributed by atoms with van der Waals surface area (Å²) >= 11 is 0. The van der Waals surface area contributed by atoms with E-state index in [0.29, 0.717) is 6.04 Å². The number of benzene rings is 1. The lowest BCUT2D eigenvalue weighted by molar-refractivity contribution is 0.130. The van der Waals surface area contributed by atoms with Crippen molar-refractivity contribution < 1.29 is 0 Å². The molecule has 2 rings (SSSR count). The Balaban J connectivity index is 2.08. The van der Waals surface area contributed by atoms with Crippen molar-refractivity contribution in [2.45, 2.75) is 52.1 Å². The van der Waals surface area contributed by atoms with Crippen molar-refractivity contribution in [3.8, 4) is 0 Å². The molecule has 1 heterocycles. The third-order valence-electron chi connectivity index (χ3n) is 4.27. The normalized spacial score (nSPS) is 20.0. The molecule has 0 bridgehead atoms. The Bertz CT molecular complexity index is 386. The van der Waals surface area contributed by atoms with Crippen LogP contribution in [0.1, 0.15) is 52.1 Å². The van der Waals surface area contributed by atoms with Gasteiger partial charge in [0.15, 0.2) is 0 Å². The standard InChI is InChI=1S/C18H30N2/c1-15-10-12-20(13-11-15)17(14-19-18(2,3)4)16-8-6-5-7-9-16/h5-9,15,17,19H,10-14H2,1-4H3. The molecule has 1 aliphatic heterocycles. The van der Waals surface area contributed by atoms with E-state index in [0.717, 1.165) is 12.5 Å². The van der Waals surface area contributed by atoms with E-state index < -0.39 is 0 Å². The van der Waals surface area contributed by atoms with Crippen LogP contribution in [0.3, 0.4) is 0 Å². The van der Waals surface area contributed by atoms with E-state index >= 15 is 0 Å². The summed E-state index contributed by atoms with van der Waals surface area (Å²) in [6.45, 7) is 12.6. The predicted molar refractivity (Wildman–Crippen MR) is 86.9 cm³/mol. The van der Waals surface area contributed by atoms with Crippen LogP contribution in [0.15, 0.2) is 30.3 Å². The lowest BCUT2D eigenvalue weighted by Crippen LogP contribution is -2.45. The third-order valence-corrected chi connectivity index (χ3v) is 4.27. The molecular formula is C18H30N2. The quantitative estimate of drug-likeness (QED) is 0.897. The lowest BCUT2D eigenvalue weighted by Gasteiger charge is -2.38. The van der Waals surface area contributed by atoms with Crippen LogP contribution in [0.25, 0.3) is 0 Å². The van der Waals surface area contributed by atoms with Gasteiger partial charge in [-0.2, -0.15) is 0 Å². The van der Waals surface area contributed by atoms with Gasteiger partial charge in [-0.05, 0) is 58.2 Å². The molecule has 0 spiro atoms. The summed E-state index contributed by atoms with van der Waals surface area (Å²) in [7, 11) is 0. The first-order valence-corrected chi connectivity index (χ1v) is 8.00. The largest absolute Gasteiger partial charge is 0.310 e. The van der Waals surface area contributed by atoms with Crippen LogP contribution < -0.4 is 5.32 Å². The average molecular weight is 274 g/mol. The highest BCUT2D eigenvalue weighted by atomic mass is 15.2. The van der Waals surface area contributed by atoms with Crippen LogP contribution in [0.4, 0.5) is 0 Å². The summed E-state index contributed by atoms with van der Waals surface area (Å²) in [6.07, 6.45) is 2.66. The molecule has 1 fully saturated rings. The molecule has 0 saturated carbocycles. The molecule has 0 aliphatic carbocycles. The Hall–Kier alpha value is -0.860. The molecule has 1 aromatic rings. The lowest BCUT2D eigenvalue weighted by atomic mass is 9.95. The summed E-state index contributed by atoms with van der Waals surface area (Å²) in [5.74, 6) is 0.887. The van der Waals surface area contributed by atoms with Crippen molar-refractivity contribution in [2.75, 3.05) is 19.6 Å². The Labute approximate surface area is 124 Å². The summed E-state index contributed by atoms with van der Waals surface area (Å²) < 4.78 is 0. The minimum Gasteiger partial charge on any atom is -0.310 e. The zero-order valence-corrected chi connectivity index (χ0v) is 13.5. The fraction of sp³-hybridized carbons (Fsp3) is 0.667. The van der Waals surface area contributed by atoms with Gasteiger partial charge in [0.2, 0.25) is 0 Å². The van der Waals surface area contributed by atoms with Crippen molar-refractivity contribution in [3.63, 3.8) is 0 Å². The van der Waals surface area contributed by atoms with Crippen molar-refractivity contribution >= 4 is 0 Å². The number of piperidine rings is 1. The number of likely N-dealkylation sites (tertiary alicyclic amines) is 1. The van der Waals surface area contributed by atoms with Gasteiger partial charge in [-0.1, -0.05) is 37.3 Å². The van der Waals surface area contributed by atoms with Crippen LogP contribution in [-0.4, -0.2) is 30.1 Å². The third kappa shape index (κ3) is 4.60. The Kier molecular flexibility index (Phi) is 5.22. The maximum Gasteiger partial charge on any atom is 0.0472 e. The topological polar surface area (TPSA) is 15.3 Å². The molecule has 1 aromatic carbocycles. The Morgan fingerprint density at radius 3 is 2.30 bits per heavy atom. The van der Waals surface area contributed by atoms with Crippen molar-refractivity contribution in [1.29, 1.82) is 0 Å². The molecule has 0 amide bonds. The van der Waals surface area contributed by atoms with Crippen LogP contribution in [0.2, 0.25) is 0 Å². The predicted octanol–water partition coefficient (Wildman–Crippen LogP) is 3.85. The smallest absolute Gasteiger partial charge is 0.0472 e. The van der Waals surface area contributed by atoms with Gasteiger partial charge in [-0.25, -0.2) is 0 Å². The monoisotopic (exact) mass is 274 g/mol. The van der Waals surface area contributed by atoms with Gasteiger partial charge in [0.1, 0.15) is 0 Å². The molecule has 1 aliphatic rings. The zero-order chi connectivity index (χ0) is 14.6. The molecule has 0 radical (unpaired) electrons. The number of nitrogens with zero attached hydrogens (tertiary/aromatic N) is 1. The van der Waals surface area contributed by atoms with Gasteiger partial charge in [0, 0.05) is 18.1 Å². The highest BCUT2D eigenvalue weighted by Crippen LogP contribution is 2.26. The summed E-state index contributed by atoms with van der Waals surface area (Å²) in [6, 6.07) is 11.5. The molecule has 2 heteroatoms. The van der Waals surface area contributed by atoms with Crippen molar-refractivity contribution in [1.82, 2.24) is 10.2 Å². The average Bonchev–Trinajstić information content (AvgIpc) is 2.41. The highest BCUT2D eigenvalue weighted by molar-refractivity contribution is 5.19. The number of nitrogens with one attached hydrogen (secondary N) is 1.